The SMILES string of the molecule is C=CCN(CCOC)C(=O)NCCc1nc(C(=O)O)cs1. The Balaban J connectivity index is 2.39. The Hall–Kier alpha value is -1.93. The molecule has 0 aliphatic heterocycles. The molecular formula is C13H19N3O4S. The third-order valence-electron chi connectivity index (χ3n) is 2.59. The second kappa shape index (κ2) is 9.09. The maximum atomic E-state index is 11.9. The molecule has 1 heterocycles. The van der Waals surface area contributed by atoms with Gasteiger partial charge in [-0.15, -0.1) is 17.9 Å². The van der Waals surface area contributed by atoms with Gasteiger partial charge in [0.1, 0.15) is 0 Å². The number of carbonyl (C=O) groups is 2. The second-order valence-electron chi connectivity index (χ2n) is 4.14. The summed E-state index contributed by atoms with van der Waals surface area (Å²) in [4.78, 5) is 28.2. The van der Waals surface area contributed by atoms with Crippen LogP contribution in [0.2, 0.25) is 0 Å². The van der Waals surface area contributed by atoms with Gasteiger partial charge in [-0.05, 0) is 0 Å². The number of nitrogens with zero attached hydrogens (tertiary/aromatic N) is 2. The summed E-state index contributed by atoms with van der Waals surface area (Å²) in [7, 11) is 1.58. The van der Waals surface area contributed by atoms with Crippen LogP contribution in [-0.4, -0.2) is 60.3 Å². The van der Waals surface area contributed by atoms with Crippen molar-refractivity contribution in [1.82, 2.24) is 15.2 Å². The number of carbonyl (C=O) groups excluding carboxylic acids is 1. The molecule has 0 aliphatic rings. The quantitative estimate of drug-likeness (QED) is 0.669. The van der Waals surface area contributed by atoms with E-state index in [0.29, 0.717) is 37.7 Å². The molecule has 21 heavy (non-hydrogen) atoms. The van der Waals surface area contributed by atoms with Crippen molar-refractivity contribution in [2.24, 2.45) is 0 Å². The van der Waals surface area contributed by atoms with Gasteiger partial charge in [0.05, 0.1) is 11.6 Å². The zero-order valence-electron chi connectivity index (χ0n) is 11.9. The molecule has 0 aromatic carbocycles. The van der Waals surface area contributed by atoms with Crippen LogP contribution in [0.3, 0.4) is 0 Å². The summed E-state index contributed by atoms with van der Waals surface area (Å²) in [5.74, 6) is -1.04. The minimum atomic E-state index is -1.04. The summed E-state index contributed by atoms with van der Waals surface area (Å²) in [6.45, 7) is 5.38. The number of aromatic carboxylic acids is 1. The molecule has 2 amide bonds. The fraction of sp³-hybridized carbons (Fsp3) is 0.462. The molecule has 0 bridgehead atoms. The van der Waals surface area contributed by atoms with Gasteiger partial charge >= 0.3 is 12.0 Å². The average Bonchev–Trinajstić information content (AvgIpc) is 2.92. The summed E-state index contributed by atoms with van der Waals surface area (Å²) in [5, 5.41) is 13.7. The van der Waals surface area contributed by atoms with Crippen molar-refractivity contribution in [1.29, 1.82) is 0 Å². The number of aromatic nitrogens is 1. The molecule has 0 saturated carbocycles. The van der Waals surface area contributed by atoms with E-state index in [2.05, 4.69) is 16.9 Å². The molecule has 0 spiro atoms. The van der Waals surface area contributed by atoms with E-state index < -0.39 is 5.97 Å². The fourth-order valence-corrected chi connectivity index (χ4v) is 2.32. The zero-order valence-corrected chi connectivity index (χ0v) is 12.7. The number of thiazole rings is 1. The lowest BCUT2D eigenvalue weighted by Crippen LogP contribution is -2.42. The maximum Gasteiger partial charge on any atom is 0.355 e. The first-order valence-electron chi connectivity index (χ1n) is 6.38. The van der Waals surface area contributed by atoms with E-state index in [1.54, 1.807) is 18.1 Å². The number of hydrogen-bond acceptors (Lipinski definition) is 5. The van der Waals surface area contributed by atoms with Gasteiger partial charge in [0.25, 0.3) is 0 Å². The number of amides is 2. The Morgan fingerprint density at radius 1 is 1.62 bits per heavy atom. The van der Waals surface area contributed by atoms with Crippen molar-refractivity contribution in [2.45, 2.75) is 6.42 Å². The molecule has 0 aliphatic carbocycles. The molecule has 1 aromatic heterocycles. The molecule has 116 valence electrons. The van der Waals surface area contributed by atoms with Crippen molar-refractivity contribution in [3.8, 4) is 0 Å². The first kappa shape index (κ1) is 17.1. The molecule has 0 saturated heterocycles. The van der Waals surface area contributed by atoms with Gasteiger partial charge in [-0.2, -0.15) is 0 Å². The molecule has 0 unspecified atom stereocenters. The summed E-state index contributed by atoms with van der Waals surface area (Å²) >= 11 is 1.27. The van der Waals surface area contributed by atoms with Crippen molar-refractivity contribution in [3.63, 3.8) is 0 Å². The van der Waals surface area contributed by atoms with Gasteiger partial charge in [-0.1, -0.05) is 6.08 Å². The van der Waals surface area contributed by atoms with Crippen molar-refractivity contribution < 1.29 is 19.4 Å². The Bertz CT molecular complexity index is 490. The number of methoxy groups -OCH3 is 1. The monoisotopic (exact) mass is 313 g/mol. The normalized spacial score (nSPS) is 10.1. The number of carboxylic acids is 1. The minimum Gasteiger partial charge on any atom is -0.476 e. The smallest absolute Gasteiger partial charge is 0.355 e. The fourth-order valence-electron chi connectivity index (χ4n) is 1.55. The Morgan fingerprint density at radius 2 is 2.38 bits per heavy atom. The first-order chi connectivity index (χ1) is 10.1. The van der Waals surface area contributed by atoms with Crippen molar-refractivity contribution >= 4 is 23.3 Å². The van der Waals surface area contributed by atoms with Gasteiger partial charge < -0.3 is 20.1 Å². The molecular weight excluding hydrogens is 294 g/mol. The van der Waals surface area contributed by atoms with Crippen molar-refractivity contribution in [3.05, 3.63) is 28.7 Å². The standard InChI is InChI=1S/C13H19N3O4S/c1-3-6-16(7-8-20-2)13(19)14-5-4-11-15-10(9-21-11)12(17)18/h3,9H,1,4-8H2,2H3,(H,14,19)(H,17,18). The van der Waals surface area contributed by atoms with Crippen LogP contribution in [0.15, 0.2) is 18.0 Å². The summed E-state index contributed by atoms with van der Waals surface area (Å²) in [6, 6.07) is -0.207. The molecule has 0 atom stereocenters. The second-order valence-corrected chi connectivity index (χ2v) is 5.08. The van der Waals surface area contributed by atoms with E-state index in [-0.39, 0.29) is 11.7 Å². The number of urea groups is 1. The summed E-state index contributed by atoms with van der Waals surface area (Å²) in [5.41, 5.74) is 0.0368. The highest BCUT2D eigenvalue weighted by molar-refractivity contribution is 7.09. The van der Waals surface area contributed by atoms with Crippen LogP contribution in [0.25, 0.3) is 0 Å². The van der Waals surface area contributed by atoms with Gasteiger partial charge in [-0.3, -0.25) is 0 Å². The molecule has 1 rings (SSSR count). The lowest BCUT2D eigenvalue weighted by molar-refractivity contribution is 0.0691. The minimum absolute atomic E-state index is 0.0368. The predicted octanol–water partition coefficient (Wildman–Crippen LogP) is 1.23. The van der Waals surface area contributed by atoms with Crippen LogP contribution in [0.5, 0.6) is 0 Å². The number of ether oxygens (including phenoxy) is 1. The predicted molar refractivity (Wildman–Crippen MR) is 79.8 cm³/mol. The van der Waals surface area contributed by atoms with Gasteiger partial charge in [0.2, 0.25) is 0 Å². The molecule has 0 fully saturated rings. The van der Waals surface area contributed by atoms with E-state index in [1.165, 1.54) is 16.7 Å². The van der Waals surface area contributed by atoms with Gasteiger partial charge in [0.15, 0.2) is 5.69 Å². The maximum absolute atomic E-state index is 11.9. The van der Waals surface area contributed by atoms with E-state index in [9.17, 15) is 9.59 Å². The van der Waals surface area contributed by atoms with E-state index in [1.807, 2.05) is 0 Å². The van der Waals surface area contributed by atoms with Gasteiger partial charge in [-0.25, -0.2) is 14.6 Å². The van der Waals surface area contributed by atoms with Crippen LogP contribution in [0, 0.1) is 0 Å². The Kier molecular flexibility index (Phi) is 7.41. The number of hydrogen-bond donors (Lipinski definition) is 2. The highest BCUT2D eigenvalue weighted by Crippen LogP contribution is 2.09. The lowest BCUT2D eigenvalue weighted by Gasteiger charge is -2.21. The average molecular weight is 313 g/mol. The van der Waals surface area contributed by atoms with Crippen LogP contribution in [0.4, 0.5) is 4.79 Å². The molecule has 0 radical (unpaired) electrons. The third-order valence-corrected chi connectivity index (χ3v) is 3.50. The number of carboxylic acid groups (broad SMARTS) is 1. The number of nitrogens with one attached hydrogen (secondary N) is 1. The van der Waals surface area contributed by atoms with Crippen LogP contribution in [0.1, 0.15) is 15.5 Å². The molecule has 8 heteroatoms. The summed E-state index contributed by atoms with van der Waals surface area (Å²) in [6.07, 6.45) is 2.14. The zero-order chi connectivity index (χ0) is 15.7. The highest BCUT2D eigenvalue weighted by atomic mass is 32.1. The van der Waals surface area contributed by atoms with Crippen molar-refractivity contribution in [2.75, 3.05) is 33.4 Å². The number of rotatable bonds is 9. The lowest BCUT2D eigenvalue weighted by atomic mass is 10.4. The molecule has 7 nitrogen and oxygen atoms in total. The van der Waals surface area contributed by atoms with E-state index >= 15 is 0 Å². The Labute approximate surface area is 127 Å². The van der Waals surface area contributed by atoms with Gasteiger partial charge in [0, 0.05) is 38.5 Å². The third kappa shape index (κ3) is 5.92. The van der Waals surface area contributed by atoms with E-state index in [0.717, 1.165) is 0 Å². The van der Waals surface area contributed by atoms with Crippen LogP contribution >= 0.6 is 11.3 Å². The largest absolute Gasteiger partial charge is 0.476 e. The first-order valence-corrected chi connectivity index (χ1v) is 7.26. The topological polar surface area (TPSA) is 91.8 Å². The molecule has 2 N–H and O–H groups in total. The van der Waals surface area contributed by atoms with E-state index in [4.69, 9.17) is 9.84 Å². The summed E-state index contributed by atoms with van der Waals surface area (Å²) < 4.78 is 4.95. The molecule has 1 aromatic rings. The highest BCUT2D eigenvalue weighted by Gasteiger charge is 2.12. The van der Waals surface area contributed by atoms with Crippen LogP contribution in [-0.2, 0) is 11.2 Å². The van der Waals surface area contributed by atoms with Crippen LogP contribution < -0.4 is 5.32 Å². The Morgan fingerprint density at radius 3 is 2.95 bits per heavy atom.